The molecule has 0 atom stereocenters. The lowest BCUT2D eigenvalue weighted by molar-refractivity contribution is -0.130. The Labute approximate surface area is 150 Å². The first-order valence-corrected chi connectivity index (χ1v) is 9.01. The van der Waals surface area contributed by atoms with Gasteiger partial charge in [-0.05, 0) is 25.3 Å². The van der Waals surface area contributed by atoms with E-state index in [-0.39, 0.29) is 11.8 Å². The van der Waals surface area contributed by atoms with Gasteiger partial charge in [-0.15, -0.1) is 0 Å². The number of allylic oxidation sites excluding steroid dienone is 1. The zero-order chi connectivity index (χ0) is 18.1. The van der Waals surface area contributed by atoms with Crippen LogP contribution in [0, 0.1) is 0 Å². The van der Waals surface area contributed by atoms with Gasteiger partial charge in [0.15, 0.2) is 0 Å². The Morgan fingerprint density at radius 2 is 1.76 bits per heavy atom. The van der Waals surface area contributed by atoms with Crippen LogP contribution in [0.2, 0.25) is 0 Å². The van der Waals surface area contributed by atoms with Crippen LogP contribution in [0.4, 0.5) is 0 Å². The molecule has 0 spiro atoms. The molecule has 1 aliphatic heterocycles. The predicted molar refractivity (Wildman–Crippen MR) is 100 cm³/mol. The van der Waals surface area contributed by atoms with Crippen molar-refractivity contribution in [1.29, 1.82) is 0 Å². The van der Waals surface area contributed by atoms with Crippen LogP contribution in [0.15, 0.2) is 42.0 Å². The monoisotopic (exact) mass is 343 g/mol. The molecule has 0 unspecified atom stereocenters. The molecule has 1 heterocycles. The molecule has 1 N–H and O–H groups in total. The maximum Gasteiger partial charge on any atom is 0.243 e. The second-order valence-corrected chi connectivity index (χ2v) is 6.62. The van der Waals surface area contributed by atoms with Gasteiger partial charge in [-0.2, -0.15) is 0 Å². The van der Waals surface area contributed by atoms with E-state index in [1.54, 1.807) is 13.0 Å². The summed E-state index contributed by atoms with van der Waals surface area (Å²) in [5.74, 6) is 0.122. The number of rotatable bonds is 7. The van der Waals surface area contributed by atoms with Crippen molar-refractivity contribution in [3.05, 3.63) is 47.5 Å². The number of benzene rings is 1. The summed E-state index contributed by atoms with van der Waals surface area (Å²) in [6.45, 7) is 8.40. The summed E-state index contributed by atoms with van der Waals surface area (Å²) in [5.41, 5.74) is 2.39. The number of hydrogen-bond donors (Lipinski definition) is 1. The summed E-state index contributed by atoms with van der Waals surface area (Å²) in [7, 11) is 0. The molecule has 0 bridgehead atoms. The highest BCUT2D eigenvalue weighted by Gasteiger charge is 2.17. The van der Waals surface area contributed by atoms with Crippen molar-refractivity contribution in [2.75, 3.05) is 39.3 Å². The third kappa shape index (κ3) is 7.10. The highest BCUT2D eigenvalue weighted by molar-refractivity contribution is 5.88. The van der Waals surface area contributed by atoms with E-state index in [4.69, 9.17) is 0 Å². The van der Waals surface area contributed by atoms with Crippen LogP contribution in [-0.4, -0.2) is 60.9 Å². The maximum atomic E-state index is 12.0. The van der Waals surface area contributed by atoms with Gasteiger partial charge < -0.3 is 10.2 Å². The third-order valence-electron chi connectivity index (χ3n) is 4.57. The van der Waals surface area contributed by atoms with Gasteiger partial charge in [0.25, 0.3) is 0 Å². The number of hydrogen-bond acceptors (Lipinski definition) is 3. The topological polar surface area (TPSA) is 52.7 Å². The van der Waals surface area contributed by atoms with E-state index < -0.39 is 0 Å². The second-order valence-electron chi connectivity index (χ2n) is 6.62. The van der Waals surface area contributed by atoms with Crippen molar-refractivity contribution in [2.24, 2.45) is 0 Å². The maximum absolute atomic E-state index is 12.0. The Kier molecular flexibility index (Phi) is 7.67. The normalized spacial score (nSPS) is 15.9. The molecule has 0 aliphatic carbocycles. The second kappa shape index (κ2) is 9.99. The lowest BCUT2D eigenvalue weighted by Gasteiger charge is -2.34. The third-order valence-corrected chi connectivity index (χ3v) is 4.57. The van der Waals surface area contributed by atoms with Gasteiger partial charge in [-0.25, -0.2) is 0 Å². The number of amides is 2. The highest BCUT2D eigenvalue weighted by atomic mass is 16.2. The van der Waals surface area contributed by atoms with Gasteiger partial charge in [0.1, 0.15) is 0 Å². The summed E-state index contributed by atoms with van der Waals surface area (Å²) in [6.07, 6.45) is 3.55. The summed E-state index contributed by atoms with van der Waals surface area (Å²) in [6, 6.07) is 10.3. The first-order valence-electron chi connectivity index (χ1n) is 9.01. The fourth-order valence-electron chi connectivity index (χ4n) is 2.96. The molecule has 1 aromatic carbocycles. The van der Waals surface area contributed by atoms with Gasteiger partial charge in [-0.3, -0.25) is 14.5 Å². The first kappa shape index (κ1) is 19.2. The van der Waals surface area contributed by atoms with Crippen LogP contribution in [0.3, 0.4) is 0 Å². The molecule has 2 rings (SSSR count). The Hall–Kier alpha value is -2.14. The standard InChI is InChI=1S/C20H29N3O2/c1-17(8-9-19-6-4-3-5-7-19)16-20(25)21-10-11-22-12-14-23(15-13-22)18(2)24/h3-7,16H,8-15H2,1-2H3,(H,21,25)/b17-16+. The van der Waals surface area contributed by atoms with E-state index >= 15 is 0 Å². The predicted octanol–water partition coefficient (Wildman–Crippen LogP) is 1.85. The van der Waals surface area contributed by atoms with Gasteiger partial charge in [0, 0.05) is 52.3 Å². The Bertz CT molecular complexity index is 590. The fourth-order valence-corrected chi connectivity index (χ4v) is 2.96. The molecule has 0 radical (unpaired) electrons. The van der Waals surface area contributed by atoms with E-state index in [0.717, 1.165) is 51.1 Å². The fraction of sp³-hybridized carbons (Fsp3) is 0.500. The van der Waals surface area contributed by atoms with Crippen molar-refractivity contribution < 1.29 is 9.59 Å². The number of aryl methyl sites for hydroxylation is 1. The van der Waals surface area contributed by atoms with E-state index in [9.17, 15) is 9.59 Å². The minimum Gasteiger partial charge on any atom is -0.351 e. The van der Waals surface area contributed by atoms with Crippen LogP contribution >= 0.6 is 0 Å². The molecule has 0 saturated carbocycles. The molecule has 1 saturated heterocycles. The smallest absolute Gasteiger partial charge is 0.243 e. The molecule has 136 valence electrons. The van der Waals surface area contributed by atoms with Gasteiger partial charge in [0.05, 0.1) is 0 Å². The first-order chi connectivity index (χ1) is 12.0. The lowest BCUT2D eigenvalue weighted by Crippen LogP contribution is -2.49. The highest BCUT2D eigenvalue weighted by Crippen LogP contribution is 2.08. The van der Waals surface area contributed by atoms with E-state index in [0.29, 0.717) is 6.54 Å². The minimum atomic E-state index is -0.0204. The molecule has 1 aliphatic rings. The van der Waals surface area contributed by atoms with Crippen LogP contribution in [-0.2, 0) is 16.0 Å². The van der Waals surface area contributed by atoms with Crippen molar-refractivity contribution in [2.45, 2.75) is 26.7 Å². The molecule has 5 nitrogen and oxygen atoms in total. The molecule has 1 fully saturated rings. The van der Waals surface area contributed by atoms with Crippen LogP contribution in [0.5, 0.6) is 0 Å². The van der Waals surface area contributed by atoms with Crippen molar-refractivity contribution >= 4 is 11.8 Å². The van der Waals surface area contributed by atoms with Crippen LogP contribution < -0.4 is 5.32 Å². The minimum absolute atomic E-state index is 0.0204. The molecule has 0 aromatic heterocycles. The SMILES string of the molecule is CC(=O)N1CCN(CCNC(=O)/C=C(\C)CCc2ccccc2)CC1. The Morgan fingerprint density at radius 1 is 1.08 bits per heavy atom. The molecule has 2 amide bonds. The summed E-state index contributed by atoms with van der Waals surface area (Å²) >= 11 is 0. The number of carbonyl (C=O) groups is 2. The average Bonchev–Trinajstić information content (AvgIpc) is 2.61. The van der Waals surface area contributed by atoms with Gasteiger partial charge in [-0.1, -0.05) is 35.9 Å². The quantitative estimate of drug-likeness (QED) is 0.769. The van der Waals surface area contributed by atoms with Gasteiger partial charge in [0.2, 0.25) is 11.8 Å². The van der Waals surface area contributed by atoms with Crippen molar-refractivity contribution in [1.82, 2.24) is 15.1 Å². The summed E-state index contributed by atoms with van der Waals surface area (Å²) < 4.78 is 0. The van der Waals surface area contributed by atoms with Crippen molar-refractivity contribution in [3.8, 4) is 0 Å². The molecule has 5 heteroatoms. The number of nitrogens with one attached hydrogen (secondary N) is 1. The number of piperazine rings is 1. The summed E-state index contributed by atoms with van der Waals surface area (Å²) in [5, 5.41) is 2.96. The average molecular weight is 343 g/mol. The number of carbonyl (C=O) groups excluding carboxylic acids is 2. The molecular weight excluding hydrogens is 314 g/mol. The zero-order valence-electron chi connectivity index (χ0n) is 15.3. The Morgan fingerprint density at radius 3 is 2.40 bits per heavy atom. The van der Waals surface area contributed by atoms with Crippen molar-refractivity contribution in [3.63, 3.8) is 0 Å². The summed E-state index contributed by atoms with van der Waals surface area (Å²) in [4.78, 5) is 27.4. The van der Waals surface area contributed by atoms with Gasteiger partial charge >= 0.3 is 0 Å². The Balaban J connectivity index is 1.62. The van der Waals surface area contributed by atoms with Crippen LogP contribution in [0.1, 0.15) is 25.8 Å². The number of nitrogens with zero attached hydrogens (tertiary/aromatic N) is 2. The zero-order valence-corrected chi connectivity index (χ0v) is 15.3. The lowest BCUT2D eigenvalue weighted by atomic mass is 10.1. The van der Waals surface area contributed by atoms with Crippen LogP contribution in [0.25, 0.3) is 0 Å². The van der Waals surface area contributed by atoms with E-state index in [1.807, 2.05) is 30.0 Å². The molecular formula is C20H29N3O2. The van der Waals surface area contributed by atoms with E-state index in [1.165, 1.54) is 5.56 Å². The largest absolute Gasteiger partial charge is 0.351 e. The molecule has 1 aromatic rings. The van der Waals surface area contributed by atoms with E-state index in [2.05, 4.69) is 22.3 Å². The molecule has 25 heavy (non-hydrogen) atoms.